The van der Waals surface area contributed by atoms with Gasteiger partial charge in [-0.1, -0.05) is 36.4 Å². The maximum atomic E-state index is 12.7. The standard InChI is InChI=1S/C16H20ClNO2S/c1-12(17)6-4-11-16(18)21(19,20)15-10-5-8-13-7-2-3-9-14(13)15/h2-3,5,7-10,12,16H,4,6,11,18H2,1H3. The van der Waals surface area contributed by atoms with Crippen LogP contribution in [0.3, 0.4) is 0 Å². The van der Waals surface area contributed by atoms with Crippen LogP contribution >= 0.6 is 11.6 Å². The minimum absolute atomic E-state index is 0.0393. The lowest BCUT2D eigenvalue weighted by molar-refractivity contribution is 0.563. The molecule has 0 aromatic heterocycles. The average molecular weight is 326 g/mol. The van der Waals surface area contributed by atoms with E-state index in [1.807, 2.05) is 37.3 Å². The van der Waals surface area contributed by atoms with Crippen molar-refractivity contribution in [1.82, 2.24) is 0 Å². The van der Waals surface area contributed by atoms with E-state index in [1.165, 1.54) is 0 Å². The van der Waals surface area contributed by atoms with Crippen LogP contribution in [0.5, 0.6) is 0 Å². The van der Waals surface area contributed by atoms with Crippen LogP contribution in [0.4, 0.5) is 0 Å². The fourth-order valence-corrected chi connectivity index (χ4v) is 4.08. The van der Waals surface area contributed by atoms with Crippen molar-refractivity contribution in [2.75, 3.05) is 0 Å². The summed E-state index contributed by atoms with van der Waals surface area (Å²) in [5.74, 6) is 0. The van der Waals surface area contributed by atoms with Gasteiger partial charge in [-0.3, -0.25) is 0 Å². The van der Waals surface area contributed by atoms with Gasteiger partial charge in [0.15, 0.2) is 9.84 Å². The average Bonchev–Trinajstić information content (AvgIpc) is 2.46. The molecule has 0 saturated carbocycles. The number of halogens is 1. The number of rotatable bonds is 6. The second-order valence-electron chi connectivity index (χ2n) is 5.27. The molecule has 0 bridgehead atoms. The van der Waals surface area contributed by atoms with Gasteiger partial charge in [-0.25, -0.2) is 8.42 Å². The number of hydrogen-bond donors (Lipinski definition) is 1. The lowest BCUT2D eigenvalue weighted by atomic mass is 10.1. The highest BCUT2D eigenvalue weighted by Crippen LogP contribution is 2.26. The van der Waals surface area contributed by atoms with Gasteiger partial charge in [0.25, 0.3) is 0 Å². The van der Waals surface area contributed by atoms with E-state index < -0.39 is 15.2 Å². The number of hydrogen-bond acceptors (Lipinski definition) is 3. The Balaban J connectivity index is 2.29. The van der Waals surface area contributed by atoms with Gasteiger partial charge >= 0.3 is 0 Å². The Morgan fingerprint density at radius 1 is 1.10 bits per heavy atom. The Labute approximate surface area is 131 Å². The molecule has 0 aliphatic heterocycles. The van der Waals surface area contributed by atoms with E-state index in [2.05, 4.69) is 0 Å². The lowest BCUT2D eigenvalue weighted by Crippen LogP contribution is -2.30. The monoisotopic (exact) mass is 325 g/mol. The molecule has 0 aliphatic carbocycles. The van der Waals surface area contributed by atoms with E-state index in [0.29, 0.717) is 17.7 Å². The van der Waals surface area contributed by atoms with Crippen molar-refractivity contribution in [3.05, 3.63) is 42.5 Å². The molecule has 21 heavy (non-hydrogen) atoms. The molecule has 0 heterocycles. The molecule has 114 valence electrons. The molecule has 2 rings (SSSR count). The zero-order valence-corrected chi connectivity index (χ0v) is 13.6. The summed E-state index contributed by atoms with van der Waals surface area (Å²) < 4.78 is 25.3. The van der Waals surface area contributed by atoms with Crippen molar-refractivity contribution in [3.8, 4) is 0 Å². The molecule has 0 amide bonds. The Morgan fingerprint density at radius 3 is 2.48 bits per heavy atom. The Hall–Kier alpha value is -1.10. The summed E-state index contributed by atoms with van der Waals surface area (Å²) in [5.41, 5.74) is 5.93. The molecule has 2 aromatic rings. The van der Waals surface area contributed by atoms with Gasteiger partial charge < -0.3 is 5.73 Å². The minimum atomic E-state index is -3.53. The highest BCUT2D eigenvalue weighted by Gasteiger charge is 2.25. The molecule has 0 aliphatic rings. The van der Waals surface area contributed by atoms with Gasteiger partial charge in [-0.05, 0) is 37.6 Å². The lowest BCUT2D eigenvalue weighted by Gasteiger charge is -2.15. The molecule has 0 radical (unpaired) electrons. The van der Waals surface area contributed by atoms with Crippen LogP contribution in [0.25, 0.3) is 10.8 Å². The first-order valence-corrected chi connectivity index (χ1v) is 9.02. The third-order valence-corrected chi connectivity index (χ3v) is 5.77. The second kappa shape index (κ2) is 6.77. The summed E-state index contributed by atoms with van der Waals surface area (Å²) >= 11 is 5.88. The van der Waals surface area contributed by atoms with Gasteiger partial charge in [0.1, 0.15) is 5.37 Å². The number of fused-ring (bicyclic) bond motifs is 1. The van der Waals surface area contributed by atoms with Crippen molar-refractivity contribution < 1.29 is 8.42 Å². The van der Waals surface area contributed by atoms with Crippen LogP contribution in [0.1, 0.15) is 26.2 Å². The van der Waals surface area contributed by atoms with Crippen LogP contribution in [0, 0.1) is 0 Å². The molecule has 0 spiro atoms. The van der Waals surface area contributed by atoms with E-state index in [1.54, 1.807) is 12.1 Å². The Kier molecular flexibility index (Phi) is 5.25. The highest BCUT2D eigenvalue weighted by molar-refractivity contribution is 7.92. The molecule has 2 N–H and O–H groups in total. The van der Waals surface area contributed by atoms with Crippen molar-refractivity contribution in [3.63, 3.8) is 0 Å². The van der Waals surface area contributed by atoms with Gasteiger partial charge in [-0.15, -0.1) is 11.6 Å². The first-order chi connectivity index (χ1) is 9.93. The third-order valence-electron chi connectivity index (χ3n) is 3.55. The topological polar surface area (TPSA) is 60.2 Å². The molecule has 0 saturated heterocycles. The van der Waals surface area contributed by atoms with E-state index in [0.717, 1.165) is 17.2 Å². The zero-order chi connectivity index (χ0) is 15.5. The summed E-state index contributed by atoms with van der Waals surface area (Å²) in [6.07, 6.45) is 1.89. The molecule has 0 fully saturated rings. The molecular weight excluding hydrogens is 306 g/mol. The summed E-state index contributed by atoms with van der Waals surface area (Å²) in [6, 6.07) is 12.7. The third kappa shape index (κ3) is 3.76. The highest BCUT2D eigenvalue weighted by atomic mass is 35.5. The van der Waals surface area contributed by atoms with Crippen LogP contribution in [0.2, 0.25) is 0 Å². The first-order valence-electron chi connectivity index (χ1n) is 7.04. The van der Waals surface area contributed by atoms with E-state index in [4.69, 9.17) is 17.3 Å². The smallest absolute Gasteiger partial charge is 0.194 e. The molecule has 3 nitrogen and oxygen atoms in total. The van der Waals surface area contributed by atoms with Gasteiger partial charge in [0, 0.05) is 10.8 Å². The van der Waals surface area contributed by atoms with Crippen LogP contribution in [-0.2, 0) is 9.84 Å². The quantitative estimate of drug-likeness (QED) is 0.824. The van der Waals surface area contributed by atoms with E-state index in [9.17, 15) is 8.42 Å². The summed E-state index contributed by atoms with van der Waals surface area (Å²) in [7, 11) is -3.53. The maximum Gasteiger partial charge on any atom is 0.194 e. The van der Waals surface area contributed by atoms with Gasteiger partial charge in [0.05, 0.1) is 4.90 Å². The summed E-state index contributed by atoms with van der Waals surface area (Å²) in [4.78, 5) is 0.312. The minimum Gasteiger partial charge on any atom is -0.315 e. The van der Waals surface area contributed by atoms with Crippen molar-refractivity contribution in [2.24, 2.45) is 5.73 Å². The fourth-order valence-electron chi connectivity index (χ4n) is 2.36. The largest absolute Gasteiger partial charge is 0.315 e. The molecule has 2 atom stereocenters. The Bertz CT molecular complexity index is 708. The Morgan fingerprint density at radius 2 is 1.76 bits per heavy atom. The van der Waals surface area contributed by atoms with Gasteiger partial charge in [0.2, 0.25) is 0 Å². The van der Waals surface area contributed by atoms with E-state index in [-0.39, 0.29) is 5.38 Å². The van der Waals surface area contributed by atoms with Crippen molar-refractivity contribution >= 4 is 32.2 Å². The molecule has 2 aromatic carbocycles. The SMILES string of the molecule is CC(Cl)CCCC(N)S(=O)(=O)c1cccc2ccccc12. The van der Waals surface area contributed by atoms with Crippen molar-refractivity contribution in [1.29, 1.82) is 0 Å². The number of alkyl halides is 1. The molecule has 2 unspecified atom stereocenters. The van der Waals surface area contributed by atoms with Crippen LogP contribution in [-0.4, -0.2) is 19.2 Å². The predicted octanol–water partition coefficient (Wildman–Crippen LogP) is 3.70. The normalized spacial score (nSPS) is 15.0. The summed E-state index contributed by atoms with van der Waals surface area (Å²) in [5, 5.41) is 0.775. The van der Waals surface area contributed by atoms with Crippen molar-refractivity contribution in [2.45, 2.75) is 41.8 Å². The number of nitrogens with two attached hydrogens (primary N) is 1. The van der Waals surface area contributed by atoms with Crippen LogP contribution in [0.15, 0.2) is 47.4 Å². The summed E-state index contributed by atoms with van der Waals surface area (Å²) in [6.45, 7) is 1.90. The second-order valence-corrected chi connectivity index (χ2v) is 8.15. The number of sulfone groups is 1. The number of benzene rings is 2. The fraction of sp³-hybridized carbons (Fsp3) is 0.375. The van der Waals surface area contributed by atoms with Gasteiger partial charge in [-0.2, -0.15) is 0 Å². The van der Waals surface area contributed by atoms with Crippen LogP contribution < -0.4 is 5.73 Å². The molecular formula is C16H20ClNO2S. The zero-order valence-electron chi connectivity index (χ0n) is 12.0. The maximum absolute atomic E-state index is 12.7. The predicted molar refractivity (Wildman–Crippen MR) is 88.3 cm³/mol. The molecule has 5 heteroatoms. The first kappa shape index (κ1) is 16.3. The van der Waals surface area contributed by atoms with E-state index >= 15 is 0 Å².